The summed E-state index contributed by atoms with van der Waals surface area (Å²) in [4.78, 5) is 28.3. The summed E-state index contributed by atoms with van der Waals surface area (Å²) in [5, 5.41) is 11.4. The number of amides is 1. The molecular weight excluding hydrogens is 506 g/mol. The van der Waals surface area contributed by atoms with Crippen LogP contribution in [0.15, 0.2) is 109 Å². The minimum Gasteiger partial charge on any atom is -0.507 e. The molecule has 6 rings (SSSR count). The number of hydrogen-bond acceptors (Lipinski definition) is 6. The Hall–Kier alpha value is -5.04. The molecule has 0 bridgehead atoms. The third-order valence-electron chi connectivity index (χ3n) is 7.00. The summed E-state index contributed by atoms with van der Waals surface area (Å²) in [5.74, 6) is 0.0232. The summed E-state index contributed by atoms with van der Waals surface area (Å²) in [6.07, 6.45) is 0. The summed E-state index contributed by atoms with van der Waals surface area (Å²) in [7, 11) is 0. The van der Waals surface area contributed by atoms with Crippen molar-refractivity contribution in [1.29, 1.82) is 0 Å². The molecule has 0 aromatic heterocycles. The standard InChI is InChI=1S/C33H27NO6/c35-31(25-13-16-27-28(19-25)39-18-17-38-27)29-30(34(33(37)32(29)36)20-22-7-3-1-4-8-22)24-11-14-26(15-12-24)40-21-23-9-5-2-6-10-23/h1-16,19,30,35H,17-18,20-21H2/t30-/m1/s1. The van der Waals surface area contributed by atoms with Gasteiger partial charge in [0, 0.05) is 12.1 Å². The van der Waals surface area contributed by atoms with E-state index in [0.717, 1.165) is 11.1 Å². The first-order valence-electron chi connectivity index (χ1n) is 13.1. The van der Waals surface area contributed by atoms with Crippen molar-refractivity contribution in [3.63, 3.8) is 0 Å². The number of aliphatic hydroxyl groups excluding tert-OH is 1. The fourth-order valence-electron chi connectivity index (χ4n) is 5.00. The zero-order chi connectivity index (χ0) is 27.5. The number of rotatable bonds is 7. The zero-order valence-corrected chi connectivity index (χ0v) is 21.7. The van der Waals surface area contributed by atoms with Crippen LogP contribution in [-0.4, -0.2) is 34.9 Å². The lowest BCUT2D eigenvalue weighted by Gasteiger charge is -2.26. The predicted octanol–water partition coefficient (Wildman–Crippen LogP) is 5.66. The van der Waals surface area contributed by atoms with E-state index >= 15 is 0 Å². The number of ketones is 1. The van der Waals surface area contributed by atoms with E-state index in [1.807, 2.05) is 84.9 Å². The lowest BCUT2D eigenvalue weighted by molar-refractivity contribution is -0.140. The molecule has 0 spiro atoms. The summed E-state index contributed by atoms with van der Waals surface area (Å²) in [6.45, 7) is 1.45. The first kappa shape index (κ1) is 25.2. The molecule has 0 unspecified atom stereocenters. The Morgan fingerprint density at radius 1 is 0.800 bits per heavy atom. The average molecular weight is 534 g/mol. The van der Waals surface area contributed by atoms with Gasteiger partial charge in [0.1, 0.15) is 31.3 Å². The maximum Gasteiger partial charge on any atom is 0.295 e. The number of carbonyl (C=O) groups is 2. The van der Waals surface area contributed by atoms with Gasteiger partial charge in [0.15, 0.2) is 11.5 Å². The molecule has 7 heteroatoms. The second kappa shape index (κ2) is 11.0. The van der Waals surface area contributed by atoms with Gasteiger partial charge in [0.05, 0.1) is 11.6 Å². The zero-order valence-electron chi connectivity index (χ0n) is 21.7. The third kappa shape index (κ3) is 5.01. The Labute approximate surface area is 231 Å². The first-order chi connectivity index (χ1) is 19.6. The summed E-state index contributed by atoms with van der Waals surface area (Å²) >= 11 is 0. The van der Waals surface area contributed by atoms with E-state index in [9.17, 15) is 14.7 Å². The summed E-state index contributed by atoms with van der Waals surface area (Å²) in [5.41, 5.74) is 2.99. The molecule has 200 valence electrons. The van der Waals surface area contributed by atoms with Gasteiger partial charge in [-0.3, -0.25) is 9.59 Å². The van der Waals surface area contributed by atoms with Gasteiger partial charge in [-0.15, -0.1) is 0 Å². The van der Waals surface area contributed by atoms with Gasteiger partial charge in [-0.2, -0.15) is 0 Å². The quantitative estimate of drug-likeness (QED) is 0.188. The van der Waals surface area contributed by atoms with Crippen LogP contribution in [0.4, 0.5) is 0 Å². The Kier molecular flexibility index (Phi) is 6.93. The molecule has 40 heavy (non-hydrogen) atoms. The maximum absolute atomic E-state index is 13.4. The van der Waals surface area contributed by atoms with Crippen molar-refractivity contribution >= 4 is 17.4 Å². The van der Waals surface area contributed by atoms with E-state index in [0.29, 0.717) is 48.2 Å². The molecule has 1 atom stereocenters. The highest BCUT2D eigenvalue weighted by atomic mass is 16.6. The molecule has 2 heterocycles. The Bertz CT molecular complexity index is 1560. The minimum absolute atomic E-state index is 0.0237. The van der Waals surface area contributed by atoms with Crippen LogP contribution in [0.5, 0.6) is 17.2 Å². The van der Waals surface area contributed by atoms with Crippen LogP contribution in [-0.2, 0) is 22.7 Å². The van der Waals surface area contributed by atoms with E-state index in [1.165, 1.54) is 4.90 Å². The van der Waals surface area contributed by atoms with Gasteiger partial charge < -0.3 is 24.2 Å². The number of nitrogens with zero attached hydrogens (tertiary/aromatic N) is 1. The van der Waals surface area contributed by atoms with Gasteiger partial charge >= 0.3 is 0 Å². The Balaban J connectivity index is 1.37. The second-order valence-electron chi connectivity index (χ2n) is 9.61. The molecule has 1 saturated heterocycles. The number of likely N-dealkylation sites (tertiary alicyclic amines) is 1. The van der Waals surface area contributed by atoms with Crippen LogP contribution in [0.3, 0.4) is 0 Å². The molecule has 4 aromatic rings. The lowest BCUT2D eigenvalue weighted by Crippen LogP contribution is -2.29. The highest BCUT2D eigenvalue weighted by molar-refractivity contribution is 6.46. The van der Waals surface area contributed by atoms with Crippen LogP contribution in [0.1, 0.15) is 28.3 Å². The molecule has 2 aliphatic heterocycles. The van der Waals surface area contributed by atoms with Crippen molar-refractivity contribution in [3.8, 4) is 17.2 Å². The number of Topliss-reactive ketones (excluding diaryl/α,β-unsaturated/α-hetero) is 1. The van der Waals surface area contributed by atoms with Gasteiger partial charge in [0.2, 0.25) is 0 Å². The van der Waals surface area contributed by atoms with E-state index in [2.05, 4.69) is 0 Å². The summed E-state index contributed by atoms with van der Waals surface area (Å²) in [6, 6.07) is 30.8. The SMILES string of the molecule is O=C1C(=O)N(Cc2ccccc2)[C@H](c2ccc(OCc3ccccc3)cc2)C1=C(O)c1ccc2c(c1)OCCO2. The summed E-state index contributed by atoms with van der Waals surface area (Å²) < 4.78 is 17.2. The van der Waals surface area contributed by atoms with Gasteiger partial charge in [-0.05, 0) is 47.0 Å². The predicted molar refractivity (Wildman–Crippen MR) is 149 cm³/mol. The Morgan fingerprint density at radius 2 is 1.45 bits per heavy atom. The molecule has 0 radical (unpaired) electrons. The smallest absolute Gasteiger partial charge is 0.295 e. The number of hydrogen-bond donors (Lipinski definition) is 1. The normalized spacial score (nSPS) is 17.6. The molecule has 0 saturated carbocycles. The number of aliphatic hydroxyl groups is 1. The van der Waals surface area contributed by atoms with Crippen molar-refractivity contribution in [2.45, 2.75) is 19.2 Å². The third-order valence-corrected chi connectivity index (χ3v) is 7.00. The van der Waals surface area contributed by atoms with Crippen molar-refractivity contribution in [3.05, 3.63) is 131 Å². The molecule has 4 aromatic carbocycles. The van der Waals surface area contributed by atoms with Gasteiger partial charge in [-0.25, -0.2) is 0 Å². The molecular formula is C33H27NO6. The molecule has 7 nitrogen and oxygen atoms in total. The van der Waals surface area contributed by atoms with Crippen LogP contribution >= 0.6 is 0 Å². The Morgan fingerprint density at radius 3 is 2.15 bits per heavy atom. The average Bonchev–Trinajstić information content (AvgIpc) is 3.25. The van der Waals surface area contributed by atoms with Crippen molar-refractivity contribution in [2.75, 3.05) is 13.2 Å². The fraction of sp³-hybridized carbons (Fsp3) is 0.152. The number of fused-ring (bicyclic) bond motifs is 1. The highest BCUT2D eigenvalue weighted by Crippen LogP contribution is 2.42. The molecule has 1 fully saturated rings. The van der Waals surface area contributed by atoms with Crippen LogP contribution in [0.2, 0.25) is 0 Å². The van der Waals surface area contributed by atoms with Gasteiger partial charge in [-0.1, -0.05) is 72.8 Å². The van der Waals surface area contributed by atoms with Crippen molar-refractivity contribution in [1.82, 2.24) is 4.90 Å². The minimum atomic E-state index is -0.795. The van der Waals surface area contributed by atoms with Crippen LogP contribution in [0.25, 0.3) is 5.76 Å². The monoisotopic (exact) mass is 533 g/mol. The first-order valence-corrected chi connectivity index (χ1v) is 13.1. The van der Waals surface area contributed by atoms with Crippen molar-refractivity contribution < 1.29 is 28.9 Å². The maximum atomic E-state index is 13.4. The second-order valence-corrected chi connectivity index (χ2v) is 9.61. The van der Waals surface area contributed by atoms with E-state index in [1.54, 1.807) is 18.2 Å². The molecule has 1 amide bonds. The highest BCUT2D eigenvalue weighted by Gasteiger charge is 2.46. The van der Waals surface area contributed by atoms with E-state index < -0.39 is 17.7 Å². The fourth-order valence-corrected chi connectivity index (χ4v) is 5.00. The van der Waals surface area contributed by atoms with Gasteiger partial charge in [0.25, 0.3) is 11.7 Å². The van der Waals surface area contributed by atoms with E-state index in [-0.39, 0.29) is 17.9 Å². The largest absolute Gasteiger partial charge is 0.507 e. The molecule has 2 aliphatic rings. The van der Waals surface area contributed by atoms with Crippen molar-refractivity contribution in [2.24, 2.45) is 0 Å². The number of ether oxygens (including phenoxy) is 3. The lowest BCUT2D eigenvalue weighted by atomic mass is 9.95. The van der Waals surface area contributed by atoms with Crippen LogP contribution in [0, 0.1) is 0 Å². The molecule has 1 N–H and O–H groups in total. The molecule has 0 aliphatic carbocycles. The number of carbonyl (C=O) groups excluding carboxylic acids is 2. The van der Waals surface area contributed by atoms with Crippen LogP contribution < -0.4 is 14.2 Å². The van der Waals surface area contributed by atoms with E-state index in [4.69, 9.17) is 14.2 Å². The number of benzene rings is 4. The topological polar surface area (TPSA) is 85.3 Å².